The predicted molar refractivity (Wildman–Crippen MR) is 151 cm³/mol. The van der Waals surface area contributed by atoms with Gasteiger partial charge in [0.05, 0.1) is 0 Å². The topological polar surface area (TPSA) is 13.1 Å². The zero-order valence-electron chi connectivity index (χ0n) is 20.4. The normalized spacial score (nSPS) is 12.0. The van der Waals surface area contributed by atoms with E-state index in [1.807, 2.05) is 0 Å². The van der Waals surface area contributed by atoms with Gasteiger partial charge in [-0.1, -0.05) is 111 Å². The lowest BCUT2D eigenvalue weighted by atomic mass is 9.85. The summed E-state index contributed by atoms with van der Waals surface area (Å²) in [7, 11) is 0. The minimum atomic E-state index is 0.323. The highest BCUT2D eigenvalue weighted by Crippen LogP contribution is 2.44. The van der Waals surface area contributed by atoms with E-state index >= 15 is 0 Å². The van der Waals surface area contributed by atoms with Crippen LogP contribution in [0.25, 0.3) is 60.8 Å². The molecular weight excluding hydrogens is 424 g/mol. The van der Waals surface area contributed by atoms with Gasteiger partial charge in [0.1, 0.15) is 11.3 Å². The number of fused-ring (bicyclic) bond motifs is 3. The zero-order chi connectivity index (χ0) is 23.9. The van der Waals surface area contributed by atoms with Crippen LogP contribution in [0.1, 0.15) is 38.0 Å². The van der Waals surface area contributed by atoms with E-state index in [2.05, 4.69) is 130 Å². The molecule has 0 aliphatic carbocycles. The van der Waals surface area contributed by atoms with Gasteiger partial charge in [-0.25, -0.2) is 0 Å². The molecule has 0 fully saturated rings. The summed E-state index contributed by atoms with van der Waals surface area (Å²) in [5.74, 6) is 1.37. The molecule has 0 saturated heterocycles. The number of furan rings is 1. The number of allylic oxidation sites excluding steroid dienone is 1. The first-order chi connectivity index (χ1) is 17.2. The third-order valence-corrected chi connectivity index (χ3v) is 6.90. The van der Waals surface area contributed by atoms with Crippen molar-refractivity contribution in [1.82, 2.24) is 0 Å². The lowest BCUT2D eigenvalue weighted by molar-refractivity contribution is 0.520. The van der Waals surface area contributed by atoms with Crippen molar-refractivity contribution < 1.29 is 4.42 Å². The van der Waals surface area contributed by atoms with Crippen LogP contribution < -0.4 is 0 Å². The molecule has 1 aromatic heterocycles. The molecule has 0 spiro atoms. The Bertz CT molecular complexity index is 1660. The average molecular weight is 453 g/mol. The Balaban J connectivity index is 1.73. The van der Waals surface area contributed by atoms with Gasteiger partial charge in [0.2, 0.25) is 0 Å². The Morgan fingerprint density at radius 2 is 1.14 bits per heavy atom. The molecule has 0 radical (unpaired) electrons. The van der Waals surface area contributed by atoms with E-state index in [0.29, 0.717) is 5.92 Å². The van der Waals surface area contributed by atoms with Crippen LogP contribution in [0.2, 0.25) is 0 Å². The number of benzene rings is 5. The first-order valence-corrected chi connectivity index (χ1v) is 12.4. The van der Waals surface area contributed by atoms with Crippen molar-refractivity contribution in [2.24, 2.45) is 0 Å². The molecule has 5 aromatic carbocycles. The monoisotopic (exact) mass is 452 g/mol. The van der Waals surface area contributed by atoms with Crippen molar-refractivity contribution in [3.63, 3.8) is 0 Å². The maximum absolute atomic E-state index is 6.30. The Morgan fingerprint density at radius 3 is 1.69 bits per heavy atom. The van der Waals surface area contributed by atoms with Gasteiger partial charge < -0.3 is 4.42 Å². The van der Waals surface area contributed by atoms with Crippen molar-refractivity contribution in [3.8, 4) is 22.3 Å². The summed E-state index contributed by atoms with van der Waals surface area (Å²) in [6, 6.07) is 35.0. The Labute approximate surface area is 206 Å². The molecule has 0 aliphatic rings. The molecule has 6 rings (SSSR count). The van der Waals surface area contributed by atoms with E-state index in [9.17, 15) is 0 Å². The fourth-order valence-electron chi connectivity index (χ4n) is 5.41. The third kappa shape index (κ3) is 3.47. The van der Waals surface area contributed by atoms with Gasteiger partial charge in [-0.05, 0) is 62.9 Å². The lowest BCUT2D eigenvalue weighted by Crippen LogP contribution is -1.90. The number of hydrogen-bond acceptors (Lipinski definition) is 1. The van der Waals surface area contributed by atoms with E-state index in [1.54, 1.807) is 0 Å². The van der Waals surface area contributed by atoms with E-state index in [1.165, 1.54) is 54.7 Å². The highest BCUT2D eigenvalue weighted by molar-refractivity contribution is 6.21. The van der Waals surface area contributed by atoms with Gasteiger partial charge in [-0.15, -0.1) is 0 Å². The second-order valence-electron chi connectivity index (χ2n) is 9.45. The highest BCUT2D eigenvalue weighted by Gasteiger charge is 2.19. The van der Waals surface area contributed by atoms with Crippen molar-refractivity contribution in [3.05, 3.63) is 114 Å². The molecule has 0 aliphatic heterocycles. The highest BCUT2D eigenvalue weighted by atomic mass is 16.3. The average Bonchev–Trinajstić information content (AvgIpc) is 3.26. The van der Waals surface area contributed by atoms with E-state index in [4.69, 9.17) is 4.42 Å². The molecule has 6 aromatic rings. The second-order valence-corrected chi connectivity index (χ2v) is 9.45. The van der Waals surface area contributed by atoms with Gasteiger partial charge in [0.15, 0.2) is 0 Å². The molecule has 0 saturated carbocycles. The van der Waals surface area contributed by atoms with E-state index in [0.717, 1.165) is 11.3 Å². The first kappa shape index (κ1) is 21.4. The van der Waals surface area contributed by atoms with Gasteiger partial charge in [0, 0.05) is 16.9 Å². The van der Waals surface area contributed by atoms with Crippen molar-refractivity contribution in [1.29, 1.82) is 0 Å². The molecule has 0 bridgehead atoms. The fraction of sp³-hybridized carbons (Fsp3) is 0.118. The molecule has 1 nitrogen and oxygen atoms in total. The van der Waals surface area contributed by atoms with E-state index in [-0.39, 0.29) is 0 Å². The smallest absolute Gasteiger partial charge is 0.134 e. The van der Waals surface area contributed by atoms with Crippen LogP contribution in [0.5, 0.6) is 0 Å². The van der Waals surface area contributed by atoms with Gasteiger partial charge in [-0.2, -0.15) is 0 Å². The van der Waals surface area contributed by atoms with Crippen LogP contribution in [-0.4, -0.2) is 0 Å². The van der Waals surface area contributed by atoms with Crippen LogP contribution >= 0.6 is 0 Å². The van der Waals surface area contributed by atoms with Crippen LogP contribution in [0.4, 0.5) is 0 Å². The summed E-state index contributed by atoms with van der Waals surface area (Å²) in [6.45, 7) is 6.44. The minimum Gasteiger partial charge on any atom is -0.460 e. The molecule has 0 amide bonds. The molecule has 0 unspecified atom stereocenters. The first-order valence-electron chi connectivity index (χ1n) is 12.4. The SMILES string of the molecule is C/C=C\c1c(C(C)C)oc2ccc(-c3c4ccccc4c(-c4ccccc4)c4ccccc34)cc12. The van der Waals surface area contributed by atoms with Crippen LogP contribution in [0.3, 0.4) is 0 Å². The van der Waals surface area contributed by atoms with Crippen LogP contribution in [0.15, 0.2) is 108 Å². The van der Waals surface area contributed by atoms with Gasteiger partial charge >= 0.3 is 0 Å². The Morgan fingerprint density at radius 1 is 0.600 bits per heavy atom. The van der Waals surface area contributed by atoms with Gasteiger partial charge in [0.25, 0.3) is 0 Å². The summed E-state index contributed by atoms with van der Waals surface area (Å²) >= 11 is 0. The summed E-state index contributed by atoms with van der Waals surface area (Å²) in [6.07, 6.45) is 4.28. The minimum absolute atomic E-state index is 0.323. The quantitative estimate of drug-likeness (QED) is 0.242. The van der Waals surface area contributed by atoms with Crippen LogP contribution in [0, 0.1) is 0 Å². The predicted octanol–water partition coefficient (Wildman–Crippen LogP) is 10.2. The summed E-state index contributed by atoms with van der Waals surface area (Å²) in [5.41, 5.74) is 7.16. The number of rotatable bonds is 4. The maximum Gasteiger partial charge on any atom is 0.134 e. The summed E-state index contributed by atoms with van der Waals surface area (Å²) in [5, 5.41) is 6.26. The molecule has 0 N–H and O–H groups in total. The van der Waals surface area contributed by atoms with E-state index < -0.39 is 0 Å². The zero-order valence-corrected chi connectivity index (χ0v) is 20.4. The second kappa shape index (κ2) is 8.60. The number of hydrogen-bond donors (Lipinski definition) is 0. The summed E-state index contributed by atoms with van der Waals surface area (Å²) < 4.78 is 6.30. The standard InChI is InChI=1S/C34H28O/c1-4-12-29-30-21-24(19-20-31(30)35-34(29)22(2)3)33-27-17-10-8-15-25(27)32(23-13-6-5-7-14-23)26-16-9-11-18-28(26)33/h4-22H,1-3H3/b12-4-. The largest absolute Gasteiger partial charge is 0.460 e. The third-order valence-electron chi connectivity index (χ3n) is 6.90. The Hall–Kier alpha value is -4.10. The van der Waals surface area contributed by atoms with Crippen LogP contribution in [-0.2, 0) is 0 Å². The molecule has 1 heterocycles. The summed E-state index contributed by atoms with van der Waals surface area (Å²) in [4.78, 5) is 0. The molecule has 35 heavy (non-hydrogen) atoms. The molecule has 170 valence electrons. The fourth-order valence-corrected chi connectivity index (χ4v) is 5.41. The van der Waals surface area contributed by atoms with Gasteiger partial charge in [-0.3, -0.25) is 0 Å². The molecule has 0 atom stereocenters. The Kier molecular flexibility index (Phi) is 5.26. The lowest BCUT2D eigenvalue weighted by Gasteiger charge is -2.17. The van der Waals surface area contributed by atoms with Crippen molar-refractivity contribution in [2.45, 2.75) is 26.7 Å². The maximum atomic E-state index is 6.30. The van der Waals surface area contributed by atoms with Crippen molar-refractivity contribution in [2.75, 3.05) is 0 Å². The van der Waals surface area contributed by atoms with Crippen molar-refractivity contribution >= 4 is 38.6 Å². The molecular formula is C34H28O. The molecule has 1 heteroatoms.